The van der Waals surface area contributed by atoms with Crippen LogP contribution >= 0.6 is 0 Å². The second kappa shape index (κ2) is 21.6. The summed E-state index contributed by atoms with van der Waals surface area (Å²) in [7, 11) is -4.17. The summed E-state index contributed by atoms with van der Waals surface area (Å²) in [5, 5.41) is 0. The predicted octanol–water partition coefficient (Wildman–Crippen LogP) is 6.40. The Hall–Kier alpha value is -0.210. The van der Waals surface area contributed by atoms with Crippen LogP contribution in [0.25, 0.3) is 0 Å². The molecule has 0 aromatic carbocycles. The molecule has 1 rings (SSSR count). The Labute approximate surface area is 193 Å². The third-order valence-electron chi connectivity index (χ3n) is 5.91. The first-order chi connectivity index (χ1) is 14.9. The Morgan fingerprint density at radius 2 is 1.23 bits per heavy atom. The largest absolute Gasteiger partial charge is 0.397 e. The number of unbranched alkanes of at least 4 members (excludes halogenated alkanes) is 13. The molecule has 6 nitrogen and oxygen atoms in total. The van der Waals surface area contributed by atoms with Gasteiger partial charge in [-0.1, -0.05) is 96.8 Å². The number of hydrogen-bond donors (Lipinski definition) is 1. The van der Waals surface area contributed by atoms with Crippen molar-refractivity contribution in [3.8, 4) is 0 Å². The smallest absolute Gasteiger partial charge is 0.379 e. The molecule has 1 saturated heterocycles. The first-order valence-corrected chi connectivity index (χ1v) is 14.2. The van der Waals surface area contributed by atoms with E-state index >= 15 is 0 Å². The summed E-state index contributed by atoms with van der Waals surface area (Å²) in [5.74, 6) is 0. The third-order valence-corrected chi connectivity index (χ3v) is 6.44. The van der Waals surface area contributed by atoms with Crippen LogP contribution in [-0.4, -0.2) is 56.8 Å². The molecule has 0 spiro atoms. The summed E-state index contributed by atoms with van der Waals surface area (Å²) < 4.78 is 36.1. The lowest BCUT2D eigenvalue weighted by atomic mass is 10.0. The summed E-state index contributed by atoms with van der Waals surface area (Å²) in [6, 6.07) is 0.756. The summed E-state index contributed by atoms with van der Waals surface area (Å²) >= 11 is 0. The van der Waals surface area contributed by atoms with Crippen molar-refractivity contribution in [2.24, 2.45) is 0 Å². The molecule has 31 heavy (non-hydrogen) atoms. The van der Waals surface area contributed by atoms with Crippen LogP contribution in [-0.2, 0) is 19.3 Å². The van der Waals surface area contributed by atoms with Crippen molar-refractivity contribution in [2.75, 3.05) is 32.9 Å². The zero-order valence-electron chi connectivity index (χ0n) is 20.7. The van der Waals surface area contributed by atoms with Crippen LogP contribution in [0.4, 0.5) is 0 Å². The molecule has 1 fully saturated rings. The molecule has 0 radical (unpaired) electrons. The van der Waals surface area contributed by atoms with E-state index in [-0.39, 0.29) is 6.61 Å². The molecule has 0 saturated carbocycles. The minimum absolute atomic E-state index is 0.0289. The van der Waals surface area contributed by atoms with Crippen molar-refractivity contribution in [2.45, 2.75) is 123 Å². The molecule has 0 aliphatic carbocycles. The third kappa shape index (κ3) is 22.8. The normalized spacial score (nSPS) is 16.0. The standard InChI is InChI=1S/C22H45NO.C2H6O4S/c1-3-4-5-6-7-8-9-10-11-12-13-14-15-16-17-22(2)23-18-20-24-21-19-23;1-2-6-7(3,4)5/h22H,3-21H2,1-2H3;2H2,1H3,(H,3,4,5). The van der Waals surface area contributed by atoms with Gasteiger partial charge in [0, 0.05) is 19.1 Å². The number of hydrogen-bond acceptors (Lipinski definition) is 5. The number of rotatable bonds is 18. The molecule has 0 aromatic rings. The molecule has 1 N–H and O–H groups in total. The van der Waals surface area contributed by atoms with Gasteiger partial charge in [0.25, 0.3) is 0 Å². The minimum atomic E-state index is -4.17. The molecular formula is C24H51NO5S. The molecular weight excluding hydrogens is 414 g/mol. The van der Waals surface area contributed by atoms with Crippen molar-refractivity contribution < 1.29 is 21.9 Å². The Morgan fingerprint density at radius 1 is 0.806 bits per heavy atom. The molecule has 1 heterocycles. The van der Waals surface area contributed by atoms with Crippen LogP contribution in [0.3, 0.4) is 0 Å². The Morgan fingerprint density at radius 3 is 1.58 bits per heavy atom. The van der Waals surface area contributed by atoms with Crippen LogP contribution < -0.4 is 0 Å². The van der Waals surface area contributed by atoms with Crippen molar-refractivity contribution in [3.05, 3.63) is 0 Å². The van der Waals surface area contributed by atoms with Crippen LogP contribution in [0.1, 0.15) is 117 Å². The van der Waals surface area contributed by atoms with Gasteiger partial charge in [-0.3, -0.25) is 9.45 Å². The fourth-order valence-corrected chi connectivity index (χ4v) is 4.28. The second-order valence-electron chi connectivity index (χ2n) is 8.72. The average Bonchev–Trinajstić information content (AvgIpc) is 2.74. The highest BCUT2D eigenvalue weighted by Gasteiger charge is 2.16. The number of nitrogens with zero attached hydrogens (tertiary/aromatic N) is 1. The molecule has 0 aromatic heterocycles. The van der Waals surface area contributed by atoms with E-state index in [9.17, 15) is 8.42 Å². The first kappa shape index (κ1) is 30.8. The zero-order valence-corrected chi connectivity index (χ0v) is 21.5. The van der Waals surface area contributed by atoms with E-state index in [0.717, 1.165) is 32.3 Å². The summed E-state index contributed by atoms with van der Waals surface area (Å²) in [6.45, 7) is 10.3. The fourth-order valence-electron chi connectivity index (χ4n) is 3.98. The molecule has 1 unspecified atom stereocenters. The quantitative estimate of drug-likeness (QED) is 0.186. The highest BCUT2D eigenvalue weighted by Crippen LogP contribution is 2.15. The molecule has 188 valence electrons. The first-order valence-electron chi connectivity index (χ1n) is 12.8. The van der Waals surface area contributed by atoms with E-state index in [2.05, 4.69) is 22.9 Å². The topological polar surface area (TPSA) is 76.1 Å². The van der Waals surface area contributed by atoms with Gasteiger partial charge in [-0.2, -0.15) is 8.42 Å². The lowest BCUT2D eigenvalue weighted by Gasteiger charge is -2.32. The van der Waals surface area contributed by atoms with E-state index in [1.165, 1.54) is 103 Å². The maximum absolute atomic E-state index is 9.56. The van der Waals surface area contributed by atoms with Crippen molar-refractivity contribution in [3.63, 3.8) is 0 Å². The van der Waals surface area contributed by atoms with E-state index in [1.807, 2.05) is 0 Å². The monoisotopic (exact) mass is 465 g/mol. The molecule has 0 bridgehead atoms. The molecule has 1 atom stereocenters. The Balaban J connectivity index is 0.00000110. The van der Waals surface area contributed by atoms with Crippen LogP contribution in [0.15, 0.2) is 0 Å². The number of ether oxygens (including phenoxy) is 1. The van der Waals surface area contributed by atoms with Gasteiger partial charge in [-0.15, -0.1) is 0 Å². The van der Waals surface area contributed by atoms with E-state index in [1.54, 1.807) is 0 Å². The molecule has 7 heteroatoms. The Bertz CT molecular complexity index is 467. The predicted molar refractivity (Wildman–Crippen MR) is 130 cm³/mol. The minimum Gasteiger partial charge on any atom is -0.379 e. The van der Waals surface area contributed by atoms with Gasteiger partial charge in [-0.25, -0.2) is 4.18 Å². The van der Waals surface area contributed by atoms with E-state index in [4.69, 9.17) is 9.29 Å². The van der Waals surface area contributed by atoms with Crippen LogP contribution in [0, 0.1) is 0 Å². The lowest BCUT2D eigenvalue weighted by molar-refractivity contribution is 0.0181. The van der Waals surface area contributed by atoms with Gasteiger partial charge in [0.1, 0.15) is 0 Å². The highest BCUT2D eigenvalue weighted by molar-refractivity contribution is 7.80. The van der Waals surface area contributed by atoms with Gasteiger partial charge in [-0.05, 0) is 20.3 Å². The van der Waals surface area contributed by atoms with Gasteiger partial charge < -0.3 is 4.74 Å². The van der Waals surface area contributed by atoms with E-state index < -0.39 is 10.4 Å². The van der Waals surface area contributed by atoms with Crippen molar-refractivity contribution in [1.82, 2.24) is 4.90 Å². The van der Waals surface area contributed by atoms with Crippen molar-refractivity contribution in [1.29, 1.82) is 0 Å². The molecule has 1 aliphatic heterocycles. The van der Waals surface area contributed by atoms with Gasteiger partial charge in [0.15, 0.2) is 0 Å². The Kier molecular flexibility index (Phi) is 21.5. The SMILES string of the molecule is CCCCCCCCCCCCCCCCC(C)N1CCOCC1.CCOS(=O)(=O)O. The zero-order chi connectivity index (χ0) is 23.2. The maximum atomic E-state index is 9.56. The van der Waals surface area contributed by atoms with Crippen LogP contribution in [0.2, 0.25) is 0 Å². The summed E-state index contributed by atoms with van der Waals surface area (Å²) in [4.78, 5) is 2.60. The summed E-state index contributed by atoms with van der Waals surface area (Å²) in [6.07, 6.45) is 21.7. The summed E-state index contributed by atoms with van der Waals surface area (Å²) in [5.41, 5.74) is 0. The number of morpholine rings is 1. The molecule has 0 amide bonds. The van der Waals surface area contributed by atoms with Gasteiger partial charge >= 0.3 is 10.4 Å². The van der Waals surface area contributed by atoms with Crippen molar-refractivity contribution >= 4 is 10.4 Å². The van der Waals surface area contributed by atoms with Crippen LogP contribution in [0.5, 0.6) is 0 Å². The molecule has 1 aliphatic rings. The van der Waals surface area contributed by atoms with Gasteiger partial charge in [0.2, 0.25) is 0 Å². The average molecular weight is 466 g/mol. The van der Waals surface area contributed by atoms with E-state index in [0.29, 0.717) is 0 Å². The van der Waals surface area contributed by atoms with Gasteiger partial charge in [0.05, 0.1) is 19.8 Å². The highest BCUT2D eigenvalue weighted by atomic mass is 32.3. The second-order valence-corrected chi connectivity index (χ2v) is 9.81. The fraction of sp³-hybridized carbons (Fsp3) is 1.00. The lowest BCUT2D eigenvalue weighted by Crippen LogP contribution is -2.42. The maximum Gasteiger partial charge on any atom is 0.397 e.